The van der Waals surface area contributed by atoms with Crippen molar-refractivity contribution in [3.63, 3.8) is 0 Å². The Bertz CT molecular complexity index is 1360. The van der Waals surface area contributed by atoms with Crippen LogP contribution in [0.5, 0.6) is 0 Å². The van der Waals surface area contributed by atoms with E-state index in [1.54, 1.807) is 17.0 Å². The quantitative estimate of drug-likeness (QED) is 0.324. The molecule has 0 aliphatic rings. The van der Waals surface area contributed by atoms with E-state index in [2.05, 4.69) is 20.4 Å². The van der Waals surface area contributed by atoms with Gasteiger partial charge in [0.2, 0.25) is 15.9 Å². The van der Waals surface area contributed by atoms with E-state index in [0.717, 1.165) is 35.7 Å². The molecule has 0 bridgehead atoms. The lowest BCUT2D eigenvalue weighted by Crippen LogP contribution is -2.49. The number of aromatic nitrogens is 2. The molecule has 1 heterocycles. The van der Waals surface area contributed by atoms with Crippen LogP contribution in [-0.2, 0) is 27.8 Å². The van der Waals surface area contributed by atoms with Gasteiger partial charge >= 0.3 is 0 Å². The molecule has 4 aromatic rings. The Morgan fingerprint density at radius 3 is 2.31 bits per heavy atom. The predicted octanol–water partition coefficient (Wildman–Crippen LogP) is 4.41. The number of rotatable bonds is 11. The van der Waals surface area contributed by atoms with Crippen LogP contribution in [0, 0.1) is 0 Å². The number of hydrogen-bond donors (Lipinski definition) is 1. The van der Waals surface area contributed by atoms with Crippen LogP contribution in [0.25, 0.3) is 11.0 Å². The Labute approximate surface area is 210 Å². The van der Waals surface area contributed by atoms with Gasteiger partial charge in [0, 0.05) is 13.1 Å². The van der Waals surface area contributed by atoms with Crippen LogP contribution in [0.2, 0.25) is 0 Å². The van der Waals surface area contributed by atoms with Crippen LogP contribution in [-0.4, -0.2) is 40.6 Å². The molecule has 9 heteroatoms. The average Bonchev–Trinajstić information content (AvgIpc) is 3.36. The van der Waals surface area contributed by atoms with Crippen molar-refractivity contribution in [2.75, 3.05) is 6.54 Å². The second kappa shape index (κ2) is 11.5. The Balaban J connectivity index is 1.66. The maximum Gasteiger partial charge on any atom is 0.243 e. The van der Waals surface area contributed by atoms with E-state index in [-0.39, 0.29) is 17.2 Å². The molecule has 0 unspecified atom stereocenters. The summed E-state index contributed by atoms with van der Waals surface area (Å²) in [6.07, 6.45) is 1.99. The number of amides is 1. The van der Waals surface area contributed by atoms with Gasteiger partial charge in [-0.2, -0.15) is 13.5 Å². The molecule has 1 atom stereocenters. The van der Waals surface area contributed by atoms with Crippen molar-refractivity contribution >= 4 is 38.7 Å². The second-order valence-electron chi connectivity index (χ2n) is 8.35. The summed E-state index contributed by atoms with van der Waals surface area (Å²) in [6.45, 7) is 3.03. The van der Waals surface area contributed by atoms with Crippen molar-refractivity contribution in [3.8, 4) is 0 Å². The minimum absolute atomic E-state index is 0.0257. The summed E-state index contributed by atoms with van der Waals surface area (Å²) in [5.41, 5.74) is 2.69. The average molecular weight is 509 g/mol. The highest BCUT2D eigenvalue weighted by Gasteiger charge is 2.31. The SMILES string of the molecule is CCCCN(Cc1ccccc1)C(=O)[C@@H](Cc1ccccc1)NS(=O)(=O)c1cccc2nsnc12. The molecule has 182 valence electrons. The first-order valence-corrected chi connectivity index (χ1v) is 13.8. The molecule has 35 heavy (non-hydrogen) atoms. The molecule has 0 saturated carbocycles. The zero-order chi connectivity index (χ0) is 24.7. The van der Waals surface area contributed by atoms with Crippen molar-refractivity contribution in [3.05, 3.63) is 90.0 Å². The number of nitrogens with zero attached hydrogens (tertiary/aromatic N) is 3. The normalized spacial score (nSPS) is 12.5. The maximum absolute atomic E-state index is 13.9. The lowest BCUT2D eigenvalue weighted by atomic mass is 10.0. The summed E-state index contributed by atoms with van der Waals surface area (Å²) >= 11 is 0.959. The van der Waals surface area contributed by atoms with Crippen molar-refractivity contribution in [1.29, 1.82) is 0 Å². The third-order valence-electron chi connectivity index (χ3n) is 5.73. The summed E-state index contributed by atoms with van der Waals surface area (Å²) in [5, 5.41) is 0. The number of hydrogen-bond acceptors (Lipinski definition) is 6. The van der Waals surface area contributed by atoms with Gasteiger partial charge in [-0.1, -0.05) is 80.1 Å². The molecule has 0 aliphatic carbocycles. The molecule has 4 rings (SSSR count). The number of nitrogens with one attached hydrogen (secondary N) is 1. The van der Waals surface area contributed by atoms with Crippen molar-refractivity contribution in [2.45, 2.75) is 43.7 Å². The van der Waals surface area contributed by atoms with Gasteiger partial charge in [0.25, 0.3) is 0 Å². The Hall–Kier alpha value is -3.14. The highest BCUT2D eigenvalue weighted by molar-refractivity contribution is 7.89. The fraction of sp³-hybridized carbons (Fsp3) is 0.269. The summed E-state index contributed by atoms with van der Waals surface area (Å²) in [5.74, 6) is -0.252. The first kappa shape index (κ1) is 25.0. The lowest BCUT2D eigenvalue weighted by molar-refractivity contribution is -0.133. The van der Waals surface area contributed by atoms with Crippen molar-refractivity contribution in [1.82, 2.24) is 18.4 Å². The zero-order valence-electron chi connectivity index (χ0n) is 19.5. The molecule has 1 aromatic heterocycles. The number of carbonyl (C=O) groups excluding carboxylic acids is 1. The van der Waals surface area contributed by atoms with E-state index >= 15 is 0 Å². The molecular formula is C26H28N4O3S2. The van der Waals surface area contributed by atoms with E-state index in [1.807, 2.05) is 60.7 Å². The van der Waals surface area contributed by atoms with Gasteiger partial charge in [-0.15, -0.1) is 0 Å². The van der Waals surface area contributed by atoms with Crippen LogP contribution in [0.15, 0.2) is 83.8 Å². The standard InChI is InChI=1S/C26H28N4O3S2/c1-2-3-17-30(19-21-13-8-5-9-14-21)26(31)23(18-20-11-6-4-7-12-20)29-35(32,33)24-16-10-15-22-25(24)28-34-27-22/h4-16,23,29H,2-3,17-19H2,1H3/t23-/m1/s1. The van der Waals surface area contributed by atoms with Gasteiger partial charge in [0.15, 0.2) is 0 Å². The number of sulfonamides is 1. The second-order valence-corrected chi connectivity index (χ2v) is 10.6. The summed E-state index contributed by atoms with van der Waals surface area (Å²) in [7, 11) is -4.04. The van der Waals surface area contributed by atoms with Gasteiger partial charge in [-0.25, -0.2) is 8.42 Å². The van der Waals surface area contributed by atoms with E-state index < -0.39 is 16.1 Å². The van der Waals surface area contributed by atoms with Crippen LogP contribution < -0.4 is 4.72 Å². The molecule has 3 aromatic carbocycles. The number of carbonyl (C=O) groups is 1. The highest BCUT2D eigenvalue weighted by Crippen LogP contribution is 2.22. The Morgan fingerprint density at radius 2 is 1.63 bits per heavy atom. The minimum atomic E-state index is -4.04. The number of fused-ring (bicyclic) bond motifs is 1. The zero-order valence-corrected chi connectivity index (χ0v) is 21.1. The molecule has 0 spiro atoms. The van der Waals surface area contributed by atoms with Crippen molar-refractivity contribution in [2.24, 2.45) is 0 Å². The molecule has 1 amide bonds. The number of benzene rings is 3. The summed E-state index contributed by atoms with van der Waals surface area (Å²) < 4.78 is 38.0. The fourth-order valence-corrected chi connectivity index (χ4v) is 5.87. The first-order chi connectivity index (χ1) is 17.0. The largest absolute Gasteiger partial charge is 0.337 e. The van der Waals surface area contributed by atoms with E-state index in [1.165, 1.54) is 6.07 Å². The molecule has 0 saturated heterocycles. The molecule has 0 fully saturated rings. The molecular weight excluding hydrogens is 480 g/mol. The summed E-state index contributed by atoms with van der Waals surface area (Å²) in [4.78, 5) is 15.6. The lowest BCUT2D eigenvalue weighted by Gasteiger charge is -2.28. The Morgan fingerprint density at radius 1 is 0.943 bits per heavy atom. The van der Waals surface area contributed by atoms with Gasteiger partial charge in [-0.3, -0.25) is 4.79 Å². The molecule has 7 nitrogen and oxygen atoms in total. The topological polar surface area (TPSA) is 92.3 Å². The predicted molar refractivity (Wildman–Crippen MR) is 138 cm³/mol. The summed E-state index contributed by atoms with van der Waals surface area (Å²) in [6, 6.07) is 23.1. The first-order valence-electron chi connectivity index (χ1n) is 11.6. The van der Waals surface area contributed by atoms with Gasteiger partial charge in [0.05, 0.1) is 11.7 Å². The van der Waals surface area contributed by atoms with E-state index in [0.29, 0.717) is 24.1 Å². The van der Waals surface area contributed by atoms with E-state index in [9.17, 15) is 13.2 Å². The fourth-order valence-electron chi connectivity index (χ4n) is 3.92. The minimum Gasteiger partial charge on any atom is -0.337 e. The third-order valence-corrected chi connectivity index (χ3v) is 7.77. The van der Waals surface area contributed by atoms with Crippen LogP contribution in [0.4, 0.5) is 0 Å². The Kier molecular flexibility index (Phi) is 8.22. The maximum atomic E-state index is 13.9. The van der Waals surface area contributed by atoms with E-state index in [4.69, 9.17) is 0 Å². The van der Waals surface area contributed by atoms with Crippen molar-refractivity contribution < 1.29 is 13.2 Å². The van der Waals surface area contributed by atoms with Gasteiger partial charge in [-0.05, 0) is 36.1 Å². The molecule has 0 aliphatic heterocycles. The van der Waals surface area contributed by atoms with Gasteiger partial charge < -0.3 is 4.90 Å². The van der Waals surface area contributed by atoms with Crippen LogP contribution in [0.1, 0.15) is 30.9 Å². The van der Waals surface area contributed by atoms with Gasteiger partial charge in [0.1, 0.15) is 22.0 Å². The molecule has 0 radical (unpaired) electrons. The smallest absolute Gasteiger partial charge is 0.243 e. The third kappa shape index (κ3) is 6.30. The number of unbranched alkanes of at least 4 members (excludes halogenated alkanes) is 1. The monoisotopic (exact) mass is 508 g/mol. The van der Waals surface area contributed by atoms with Crippen LogP contribution >= 0.6 is 11.7 Å². The highest BCUT2D eigenvalue weighted by atomic mass is 32.2. The molecule has 1 N–H and O–H groups in total. The van der Waals surface area contributed by atoms with Crippen LogP contribution in [0.3, 0.4) is 0 Å².